The molecule has 0 aliphatic carbocycles. The molecule has 0 saturated carbocycles. The Bertz CT molecular complexity index is 191. The van der Waals surface area contributed by atoms with Crippen LogP contribution in [0.3, 0.4) is 0 Å². The Balaban J connectivity index is 4.36. The fourth-order valence-corrected chi connectivity index (χ4v) is 0.613. The van der Waals surface area contributed by atoms with Crippen molar-refractivity contribution in [1.29, 1.82) is 0 Å². The summed E-state index contributed by atoms with van der Waals surface area (Å²) < 4.78 is 38.8. The second kappa shape index (κ2) is 4.18. The lowest BCUT2D eigenvalue weighted by Gasteiger charge is -2.11. The molecule has 0 rings (SSSR count). The summed E-state index contributed by atoms with van der Waals surface area (Å²) in [5, 5.41) is 0. The summed E-state index contributed by atoms with van der Waals surface area (Å²) in [5.74, 6) is -0.204. The van der Waals surface area contributed by atoms with Crippen molar-refractivity contribution in [2.24, 2.45) is 0 Å². The first-order valence-corrected chi connectivity index (χ1v) is 3.48. The van der Waals surface area contributed by atoms with Gasteiger partial charge in [0.25, 0.3) is 0 Å². The lowest BCUT2D eigenvalue weighted by Crippen LogP contribution is -2.13. The van der Waals surface area contributed by atoms with Gasteiger partial charge in [0, 0.05) is 0 Å². The van der Waals surface area contributed by atoms with Crippen molar-refractivity contribution < 1.29 is 17.9 Å². The summed E-state index contributed by atoms with van der Waals surface area (Å²) >= 11 is 0. The molecule has 1 nitrogen and oxygen atoms in total. The minimum absolute atomic E-state index is 0.204. The van der Waals surface area contributed by atoms with Gasteiger partial charge in [-0.25, -0.2) is 0 Å². The van der Waals surface area contributed by atoms with Crippen LogP contribution < -0.4 is 0 Å². The molecule has 0 aromatic carbocycles. The molecule has 0 N–H and O–H groups in total. The third kappa shape index (κ3) is 4.82. The first-order chi connectivity index (χ1) is 5.37. The van der Waals surface area contributed by atoms with E-state index in [9.17, 15) is 13.2 Å². The van der Waals surface area contributed by atoms with Crippen LogP contribution in [0, 0.1) is 0 Å². The van der Waals surface area contributed by atoms with E-state index in [-0.39, 0.29) is 11.3 Å². The molecule has 0 aromatic heterocycles. The Kier molecular flexibility index (Phi) is 3.86. The molecule has 4 heteroatoms. The molecule has 0 amide bonds. The first-order valence-electron chi connectivity index (χ1n) is 3.48. The van der Waals surface area contributed by atoms with Gasteiger partial charge in [-0.2, -0.15) is 0 Å². The van der Waals surface area contributed by atoms with Gasteiger partial charge in [0.2, 0.25) is 0 Å². The molecule has 12 heavy (non-hydrogen) atoms. The van der Waals surface area contributed by atoms with E-state index >= 15 is 0 Å². The lowest BCUT2D eigenvalue weighted by molar-refractivity contribution is -0.304. The van der Waals surface area contributed by atoms with Gasteiger partial charge in [0.15, 0.2) is 0 Å². The molecule has 0 heterocycles. The number of ether oxygens (including phenoxy) is 1. The highest BCUT2D eigenvalue weighted by atomic mass is 19.4. The van der Waals surface area contributed by atoms with Crippen molar-refractivity contribution >= 4 is 0 Å². The summed E-state index contributed by atoms with van der Waals surface area (Å²) in [7, 11) is 0. The van der Waals surface area contributed by atoms with Gasteiger partial charge >= 0.3 is 6.36 Å². The average Bonchev–Trinajstić information content (AvgIpc) is 1.83. The fourth-order valence-electron chi connectivity index (χ4n) is 0.613. The van der Waals surface area contributed by atoms with E-state index in [2.05, 4.69) is 11.3 Å². The SMILES string of the molecule is C=C(C)C(=CCC)OC(F)(F)F. The van der Waals surface area contributed by atoms with Gasteiger partial charge in [-0.3, -0.25) is 0 Å². The Hall–Kier alpha value is -0.930. The molecule has 0 radical (unpaired) electrons. The fraction of sp³-hybridized carbons (Fsp3) is 0.500. The molecule has 0 fully saturated rings. The quantitative estimate of drug-likeness (QED) is 0.477. The van der Waals surface area contributed by atoms with Gasteiger partial charge < -0.3 is 4.74 Å². The molecule has 0 bridgehead atoms. The van der Waals surface area contributed by atoms with Gasteiger partial charge in [0.05, 0.1) is 0 Å². The van der Waals surface area contributed by atoms with Crippen molar-refractivity contribution in [2.45, 2.75) is 26.6 Å². The summed E-state index contributed by atoms with van der Waals surface area (Å²) in [6, 6.07) is 0. The van der Waals surface area contributed by atoms with Crippen molar-refractivity contribution in [3.8, 4) is 0 Å². The van der Waals surface area contributed by atoms with Crippen LogP contribution in [-0.4, -0.2) is 6.36 Å². The molecule has 0 aliphatic rings. The number of halogens is 3. The normalized spacial score (nSPS) is 12.9. The Morgan fingerprint density at radius 1 is 1.50 bits per heavy atom. The van der Waals surface area contributed by atoms with Gasteiger partial charge in [0.1, 0.15) is 5.76 Å². The molecule has 0 atom stereocenters. The molecule has 0 spiro atoms. The molecule has 70 valence electrons. The topological polar surface area (TPSA) is 9.23 Å². The molecule has 0 unspecified atom stereocenters. The van der Waals surface area contributed by atoms with E-state index in [0.717, 1.165) is 0 Å². The van der Waals surface area contributed by atoms with E-state index in [1.807, 2.05) is 0 Å². The van der Waals surface area contributed by atoms with E-state index in [0.29, 0.717) is 6.42 Å². The second-order valence-corrected chi connectivity index (χ2v) is 2.30. The number of allylic oxidation sites excluding steroid dienone is 2. The van der Waals surface area contributed by atoms with Crippen molar-refractivity contribution in [3.63, 3.8) is 0 Å². The molecule has 0 saturated heterocycles. The van der Waals surface area contributed by atoms with Gasteiger partial charge in [-0.1, -0.05) is 13.5 Å². The molecular weight excluding hydrogens is 169 g/mol. The second-order valence-electron chi connectivity index (χ2n) is 2.30. The van der Waals surface area contributed by atoms with Crippen LogP contribution in [0.2, 0.25) is 0 Å². The minimum Gasteiger partial charge on any atom is -0.406 e. The Labute approximate surface area is 69.5 Å². The predicted octanol–water partition coefficient (Wildman–Crippen LogP) is 3.39. The van der Waals surface area contributed by atoms with E-state index in [4.69, 9.17) is 0 Å². The van der Waals surface area contributed by atoms with E-state index < -0.39 is 6.36 Å². The minimum atomic E-state index is -4.63. The summed E-state index contributed by atoms with van der Waals surface area (Å²) in [4.78, 5) is 0. The standard InChI is InChI=1S/C8H11F3O/c1-4-5-7(6(2)3)12-8(9,10)11/h5H,2,4H2,1,3H3. The Morgan fingerprint density at radius 3 is 2.25 bits per heavy atom. The van der Waals surface area contributed by atoms with Crippen LogP contribution in [0.1, 0.15) is 20.3 Å². The highest BCUT2D eigenvalue weighted by Gasteiger charge is 2.31. The van der Waals surface area contributed by atoms with Crippen molar-refractivity contribution in [3.05, 3.63) is 24.0 Å². The summed E-state index contributed by atoms with van der Waals surface area (Å²) in [5.41, 5.74) is 0.272. The van der Waals surface area contributed by atoms with Gasteiger partial charge in [-0.15, -0.1) is 13.2 Å². The maximum Gasteiger partial charge on any atom is 0.573 e. The van der Waals surface area contributed by atoms with Crippen LogP contribution in [-0.2, 0) is 4.74 Å². The van der Waals surface area contributed by atoms with E-state index in [1.165, 1.54) is 13.0 Å². The number of rotatable bonds is 3. The number of hydrogen-bond acceptors (Lipinski definition) is 1. The molecular formula is C8H11F3O. The van der Waals surface area contributed by atoms with Crippen LogP contribution in [0.4, 0.5) is 13.2 Å². The zero-order valence-corrected chi connectivity index (χ0v) is 7.03. The van der Waals surface area contributed by atoms with Crippen LogP contribution in [0.5, 0.6) is 0 Å². The maximum absolute atomic E-state index is 11.7. The zero-order chi connectivity index (χ0) is 9.78. The van der Waals surface area contributed by atoms with Crippen molar-refractivity contribution in [1.82, 2.24) is 0 Å². The molecule has 0 aliphatic heterocycles. The zero-order valence-electron chi connectivity index (χ0n) is 7.03. The van der Waals surface area contributed by atoms with Crippen molar-refractivity contribution in [2.75, 3.05) is 0 Å². The highest BCUT2D eigenvalue weighted by molar-refractivity contribution is 5.19. The van der Waals surface area contributed by atoms with Gasteiger partial charge in [-0.05, 0) is 25.0 Å². The van der Waals surface area contributed by atoms with E-state index in [1.54, 1.807) is 6.92 Å². The lowest BCUT2D eigenvalue weighted by atomic mass is 10.2. The number of alkyl halides is 3. The highest BCUT2D eigenvalue weighted by Crippen LogP contribution is 2.24. The average molecular weight is 180 g/mol. The largest absolute Gasteiger partial charge is 0.573 e. The monoisotopic (exact) mass is 180 g/mol. The first kappa shape index (κ1) is 11.1. The van der Waals surface area contributed by atoms with Crippen LogP contribution in [0.15, 0.2) is 24.0 Å². The number of hydrogen-bond donors (Lipinski definition) is 0. The van der Waals surface area contributed by atoms with Crippen LogP contribution in [0.25, 0.3) is 0 Å². The Morgan fingerprint density at radius 2 is 2.00 bits per heavy atom. The summed E-state index contributed by atoms with van der Waals surface area (Å²) in [6.07, 6.45) is -2.80. The molecule has 0 aromatic rings. The summed E-state index contributed by atoms with van der Waals surface area (Å²) in [6.45, 7) is 6.56. The van der Waals surface area contributed by atoms with Crippen LogP contribution >= 0.6 is 0 Å². The third-order valence-corrected chi connectivity index (χ3v) is 1.04. The smallest absolute Gasteiger partial charge is 0.406 e. The predicted molar refractivity (Wildman–Crippen MR) is 40.3 cm³/mol. The maximum atomic E-state index is 11.7. The third-order valence-electron chi connectivity index (χ3n) is 1.04.